The van der Waals surface area contributed by atoms with Crippen LogP contribution in [0.25, 0.3) is 0 Å². The van der Waals surface area contributed by atoms with E-state index in [9.17, 15) is 4.79 Å². The summed E-state index contributed by atoms with van der Waals surface area (Å²) in [6.07, 6.45) is 0.446. The summed E-state index contributed by atoms with van der Waals surface area (Å²) in [5.74, 6) is 2.16. The number of carbonyl (C=O) groups excluding carboxylic acids is 1. The fourth-order valence-corrected chi connectivity index (χ4v) is 2.45. The average Bonchev–Trinajstić information content (AvgIpc) is 2.43. The van der Waals surface area contributed by atoms with Crippen LogP contribution in [0.1, 0.15) is 18.9 Å². The lowest BCUT2D eigenvalue weighted by Crippen LogP contribution is -2.15. The van der Waals surface area contributed by atoms with Crippen LogP contribution in [-0.2, 0) is 4.79 Å². The first kappa shape index (κ1) is 15.5. The second-order valence-electron chi connectivity index (χ2n) is 4.37. The van der Waals surface area contributed by atoms with Crippen molar-refractivity contribution < 1.29 is 4.79 Å². The van der Waals surface area contributed by atoms with Gasteiger partial charge in [-0.05, 0) is 30.3 Å². The van der Waals surface area contributed by atoms with E-state index in [1.807, 2.05) is 0 Å². The Balaban J connectivity index is 2.34. The second kappa shape index (κ2) is 8.57. The van der Waals surface area contributed by atoms with Gasteiger partial charge in [0.2, 0.25) is 5.91 Å². The lowest BCUT2D eigenvalue weighted by molar-refractivity contribution is -0.115. The van der Waals surface area contributed by atoms with Crippen molar-refractivity contribution >= 4 is 23.4 Å². The molecule has 0 aromatic heterocycles. The molecule has 5 heteroatoms. The number of thioether (sulfide) groups is 1. The maximum Gasteiger partial charge on any atom is 0.225 e. The SMILES string of the molecule is CC(CN)CSCCC(=O)Nc1ccccc1C#N. The first-order chi connectivity index (χ1) is 9.17. The summed E-state index contributed by atoms with van der Waals surface area (Å²) < 4.78 is 0. The zero-order chi connectivity index (χ0) is 14.1. The summed E-state index contributed by atoms with van der Waals surface area (Å²) >= 11 is 1.73. The highest BCUT2D eigenvalue weighted by molar-refractivity contribution is 7.99. The normalized spacial score (nSPS) is 11.6. The molecular weight excluding hydrogens is 258 g/mol. The third-order valence-electron chi connectivity index (χ3n) is 2.60. The molecule has 0 saturated heterocycles. The number of nitrogens with one attached hydrogen (secondary N) is 1. The minimum atomic E-state index is -0.0596. The Morgan fingerprint density at radius 1 is 1.53 bits per heavy atom. The number of nitriles is 1. The van der Waals surface area contributed by atoms with Gasteiger partial charge in [-0.25, -0.2) is 0 Å². The zero-order valence-corrected chi connectivity index (χ0v) is 11.9. The van der Waals surface area contributed by atoms with Gasteiger partial charge in [-0.2, -0.15) is 17.0 Å². The minimum Gasteiger partial charge on any atom is -0.330 e. The van der Waals surface area contributed by atoms with Crippen molar-refractivity contribution in [3.63, 3.8) is 0 Å². The van der Waals surface area contributed by atoms with E-state index in [1.54, 1.807) is 36.0 Å². The topological polar surface area (TPSA) is 78.9 Å². The van der Waals surface area contributed by atoms with Gasteiger partial charge < -0.3 is 11.1 Å². The molecule has 102 valence electrons. The van der Waals surface area contributed by atoms with E-state index in [1.165, 1.54) is 0 Å². The van der Waals surface area contributed by atoms with E-state index in [0.29, 0.717) is 30.1 Å². The van der Waals surface area contributed by atoms with Crippen molar-refractivity contribution in [2.24, 2.45) is 11.7 Å². The van der Waals surface area contributed by atoms with Gasteiger partial charge in [-0.15, -0.1) is 0 Å². The molecule has 0 heterocycles. The number of rotatable bonds is 7. The molecule has 0 aliphatic rings. The van der Waals surface area contributed by atoms with E-state index in [-0.39, 0.29) is 5.91 Å². The van der Waals surface area contributed by atoms with Crippen LogP contribution in [0.3, 0.4) is 0 Å². The number of nitrogens with zero attached hydrogens (tertiary/aromatic N) is 1. The highest BCUT2D eigenvalue weighted by Gasteiger charge is 2.06. The van der Waals surface area contributed by atoms with E-state index in [2.05, 4.69) is 18.3 Å². The van der Waals surface area contributed by atoms with E-state index < -0.39 is 0 Å². The summed E-state index contributed by atoms with van der Waals surface area (Å²) in [6, 6.07) is 9.06. The molecule has 19 heavy (non-hydrogen) atoms. The van der Waals surface area contributed by atoms with Crippen LogP contribution in [0.5, 0.6) is 0 Å². The first-order valence-corrected chi connectivity index (χ1v) is 7.39. The lowest BCUT2D eigenvalue weighted by atomic mass is 10.2. The molecule has 0 fully saturated rings. The van der Waals surface area contributed by atoms with Crippen molar-refractivity contribution in [3.8, 4) is 6.07 Å². The Kier molecular flexibility index (Phi) is 7.01. The Morgan fingerprint density at radius 3 is 2.95 bits per heavy atom. The van der Waals surface area contributed by atoms with E-state index in [0.717, 1.165) is 11.5 Å². The van der Waals surface area contributed by atoms with Crippen LogP contribution in [0.2, 0.25) is 0 Å². The van der Waals surface area contributed by atoms with Crippen molar-refractivity contribution in [1.82, 2.24) is 0 Å². The molecule has 1 amide bonds. The van der Waals surface area contributed by atoms with Crippen LogP contribution in [0, 0.1) is 17.2 Å². The molecule has 3 N–H and O–H groups in total. The summed E-state index contributed by atoms with van der Waals surface area (Å²) in [5, 5.41) is 11.7. The fraction of sp³-hybridized carbons (Fsp3) is 0.429. The smallest absolute Gasteiger partial charge is 0.225 e. The number of amides is 1. The summed E-state index contributed by atoms with van der Waals surface area (Å²) in [5.41, 5.74) is 6.59. The largest absolute Gasteiger partial charge is 0.330 e. The van der Waals surface area contributed by atoms with Crippen LogP contribution in [0.15, 0.2) is 24.3 Å². The number of hydrogen-bond acceptors (Lipinski definition) is 4. The molecule has 0 radical (unpaired) electrons. The van der Waals surface area contributed by atoms with Crippen molar-refractivity contribution in [1.29, 1.82) is 5.26 Å². The van der Waals surface area contributed by atoms with Gasteiger partial charge in [-0.1, -0.05) is 19.1 Å². The number of nitrogens with two attached hydrogens (primary N) is 1. The number of carbonyl (C=O) groups is 1. The maximum absolute atomic E-state index is 11.7. The Labute approximate surface area is 118 Å². The molecule has 0 spiro atoms. The van der Waals surface area contributed by atoms with Crippen LogP contribution < -0.4 is 11.1 Å². The van der Waals surface area contributed by atoms with E-state index in [4.69, 9.17) is 11.0 Å². The molecule has 4 nitrogen and oxygen atoms in total. The van der Waals surface area contributed by atoms with Gasteiger partial charge in [-0.3, -0.25) is 4.79 Å². The summed E-state index contributed by atoms with van der Waals surface area (Å²) in [4.78, 5) is 11.7. The van der Waals surface area contributed by atoms with Crippen molar-refractivity contribution in [3.05, 3.63) is 29.8 Å². The van der Waals surface area contributed by atoms with Crippen LogP contribution in [0.4, 0.5) is 5.69 Å². The number of anilines is 1. The minimum absolute atomic E-state index is 0.0596. The molecule has 1 atom stereocenters. The molecule has 1 aromatic rings. The molecule has 0 aliphatic carbocycles. The predicted molar refractivity (Wildman–Crippen MR) is 79.9 cm³/mol. The molecule has 1 aromatic carbocycles. The highest BCUT2D eigenvalue weighted by atomic mass is 32.2. The third kappa shape index (κ3) is 5.77. The lowest BCUT2D eigenvalue weighted by Gasteiger charge is -2.08. The molecule has 0 saturated carbocycles. The molecular formula is C14H19N3OS. The number of para-hydroxylation sites is 1. The number of benzene rings is 1. The summed E-state index contributed by atoms with van der Waals surface area (Å²) in [6.45, 7) is 2.77. The third-order valence-corrected chi connectivity index (χ3v) is 3.90. The van der Waals surface area contributed by atoms with Crippen molar-refractivity contribution in [2.75, 3.05) is 23.4 Å². The first-order valence-electron chi connectivity index (χ1n) is 6.24. The molecule has 1 rings (SSSR count). The molecule has 0 aliphatic heterocycles. The molecule has 0 bridgehead atoms. The number of hydrogen-bond donors (Lipinski definition) is 2. The molecule has 1 unspecified atom stereocenters. The predicted octanol–water partition coefficient (Wildman–Crippen LogP) is 2.21. The summed E-state index contributed by atoms with van der Waals surface area (Å²) in [7, 11) is 0. The quantitative estimate of drug-likeness (QED) is 0.749. The van der Waals surface area contributed by atoms with Gasteiger partial charge >= 0.3 is 0 Å². The van der Waals surface area contributed by atoms with Gasteiger partial charge in [0.25, 0.3) is 0 Å². The Morgan fingerprint density at radius 2 is 2.26 bits per heavy atom. The van der Waals surface area contributed by atoms with Crippen LogP contribution >= 0.6 is 11.8 Å². The Bertz CT molecular complexity index is 456. The highest BCUT2D eigenvalue weighted by Crippen LogP contribution is 2.14. The van der Waals surface area contributed by atoms with Crippen molar-refractivity contribution in [2.45, 2.75) is 13.3 Å². The van der Waals surface area contributed by atoms with Gasteiger partial charge in [0.15, 0.2) is 0 Å². The monoisotopic (exact) mass is 277 g/mol. The fourth-order valence-electron chi connectivity index (χ4n) is 1.42. The van der Waals surface area contributed by atoms with E-state index >= 15 is 0 Å². The zero-order valence-electron chi connectivity index (χ0n) is 11.1. The maximum atomic E-state index is 11.7. The van der Waals surface area contributed by atoms with Crippen LogP contribution in [-0.4, -0.2) is 24.0 Å². The average molecular weight is 277 g/mol. The van der Waals surface area contributed by atoms with Gasteiger partial charge in [0.1, 0.15) is 6.07 Å². The second-order valence-corrected chi connectivity index (χ2v) is 5.52. The Hall–Kier alpha value is -1.51. The van der Waals surface area contributed by atoms with Gasteiger partial charge in [0.05, 0.1) is 11.3 Å². The van der Waals surface area contributed by atoms with Gasteiger partial charge in [0, 0.05) is 12.2 Å². The standard InChI is InChI=1S/C14H19N3OS/c1-11(8-15)10-19-7-6-14(18)17-13-5-3-2-4-12(13)9-16/h2-5,11H,6-8,10,15H2,1H3,(H,17,18).